The summed E-state index contributed by atoms with van der Waals surface area (Å²) in [6.45, 7) is 2.94. The molecular weight excluding hydrogens is 305 g/mol. The summed E-state index contributed by atoms with van der Waals surface area (Å²) in [5.41, 5.74) is 5.86. The fourth-order valence-corrected chi connectivity index (χ4v) is 3.69. The molecule has 2 unspecified atom stereocenters. The number of nitrogens with zero attached hydrogens (tertiary/aromatic N) is 4. The monoisotopic (exact) mass is 328 g/mol. The quantitative estimate of drug-likeness (QED) is 0.587. The van der Waals surface area contributed by atoms with Gasteiger partial charge in [-0.2, -0.15) is 0 Å². The zero-order valence-corrected chi connectivity index (χ0v) is 14.1. The van der Waals surface area contributed by atoms with Gasteiger partial charge in [0.25, 0.3) is 5.82 Å². The second kappa shape index (κ2) is 5.86. The number of hydroxylamine groups is 2. The first-order valence-electron chi connectivity index (χ1n) is 8.17. The van der Waals surface area contributed by atoms with E-state index in [9.17, 15) is 10.0 Å². The van der Waals surface area contributed by atoms with E-state index in [1.165, 1.54) is 4.90 Å². The summed E-state index contributed by atoms with van der Waals surface area (Å²) < 4.78 is -0.287. The van der Waals surface area contributed by atoms with Crippen molar-refractivity contribution in [3.05, 3.63) is 18.3 Å². The van der Waals surface area contributed by atoms with Crippen molar-refractivity contribution in [3.8, 4) is 0 Å². The molecule has 0 aromatic carbocycles. The largest absolute Gasteiger partial charge is 0.369 e. The third-order valence-corrected chi connectivity index (χ3v) is 5.28. The molecule has 2 aliphatic heterocycles. The number of aromatic nitrogens is 1. The normalized spacial score (nSPS) is 34.1. The van der Waals surface area contributed by atoms with Crippen molar-refractivity contribution >= 4 is 31.0 Å². The van der Waals surface area contributed by atoms with E-state index in [2.05, 4.69) is 9.98 Å². The van der Waals surface area contributed by atoms with E-state index >= 15 is 0 Å². The number of piperidine rings is 1. The van der Waals surface area contributed by atoms with Gasteiger partial charge in [0.05, 0.1) is 12.0 Å². The first-order chi connectivity index (χ1) is 11.2. The average molecular weight is 328 g/mol. The highest BCUT2D eigenvalue weighted by Gasteiger charge is 2.48. The van der Waals surface area contributed by atoms with Gasteiger partial charge < -0.3 is 5.73 Å². The van der Waals surface area contributed by atoms with Crippen LogP contribution in [-0.4, -0.2) is 60.5 Å². The molecule has 1 fully saturated rings. The molecule has 0 aliphatic carbocycles. The Balaban J connectivity index is 1.89. The number of carbonyl (C=O) groups excluding carboxylic acids is 1. The van der Waals surface area contributed by atoms with Gasteiger partial charge in [0.15, 0.2) is 5.96 Å². The van der Waals surface area contributed by atoms with Gasteiger partial charge in [0, 0.05) is 31.6 Å². The van der Waals surface area contributed by atoms with E-state index in [1.54, 1.807) is 25.4 Å². The van der Waals surface area contributed by atoms with Crippen molar-refractivity contribution in [2.75, 3.05) is 20.1 Å². The number of amides is 1. The fraction of sp³-hybridized carbons (Fsp3) is 0.562. The number of quaternary nitrogens is 1. The molecule has 3 atom stereocenters. The van der Waals surface area contributed by atoms with E-state index < -0.39 is 5.54 Å². The molecule has 1 aromatic rings. The van der Waals surface area contributed by atoms with Crippen LogP contribution < -0.4 is 15.8 Å². The zero-order valence-electron chi connectivity index (χ0n) is 14.1. The maximum Gasteiger partial charge on any atom is 0.259 e. The molecule has 2 radical (unpaired) electrons. The molecule has 3 N–H and O–H groups in total. The Bertz CT molecular complexity index is 697. The van der Waals surface area contributed by atoms with Crippen molar-refractivity contribution in [1.82, 2.24) is 14.5 Å². The lowest BCUT2D eigenvalue weighted by molar-refractivity contribution is -0.134. The number of rotatable bonds is 2. The van der Waals surface area contributed by atoms with Crippen LogP contribution >= 0.6 is 0 Å². The first-order valence-corrected chi connectivity index (χ1v) is 8.17. The Morgan fingerprint density at radius 3 is 2.96 bits per heavy atom. The van der Waals surface area contributed by atoms with Gasteiger partial charge in [-0.3, -0.25) is 9.69 Å². The molecule has 1 amide bonds. The summed E-state index contributed by atoms with van der Waals surface area (Å²) in [6.07, 6.45) is 3.58. The number of aliphatic imine (C=N–C) groups is 1. The minimum Gasteiger partial charge on any atom is -0.369 e. The summed E-state index contributed by atoms with van der Waals surface area (Å²) in [5.74, 6) is 0.737. The van der Waals surface area contributed by atoms with Crippen molar-refractivity contribution < 1.29 is 10.0 Å². The minimum absolute atomic E-state index is 0.0238. The lowest BCUT2D eigenvalue weighted by Crippen LogP contribution is -2.60. The number of pyridine rings is 1. The molecular formula is C16H23BN5O2+. The highest BCUT2D eigenvalue weighted by Crippen LogP contribution is 2.38. The molecule has 3 heterocycles. The number of guanidine groups is 1. The van der Waals surface area contributed by atoms with Crippen LogP contribution in [0.15, 0.2) is 23.3 Å². The van der Waals surface area contributed by atoms with Gasteiger partial charge in [-0.25, -0.2) is 15.2 Å². The Labute approximate surface area is 143 Å². The summed E-state index contributed by atoms with van der Waals surface area (Å²) in [4.78, 5) is 22.5. The van der Waals surface area contributed by atoms with Crippen LogP contribution in [0.5, 0.6) is 0 Å². The Hall–Kier alpha value is -1.93. The molecule has 0 spiro atoms. The molecule has 2 aliphatic rings. The topological polar surface area (TPSA) is 91.8 Å². The maximum atomic E-state index is 12.2. The van der Waals surface area contributed by atoms with Gasteiger partial charge in [0.2, 0.25) is 5.91 Å². The molecule has 126 valence electrons. The predicted octanol–water partition coefficient (Wildman–Crippen LogP) is -0.0826. The van der Waals surface area contributed by atoms with E-state index in [-0.39, 0.29) is 22.4 Å². The second-order valence-electron chi connectivity index (χ2n) is 7.07. The Morgan fingerprint density at radius 1 is 1.54 bits per heavy atom. The van der Waals surface area contributed by atoms with Gasteiger partial charge in [0.1, 0.15) is 20.9 Å². The molecule has 1 saturated heterocycles. The third kappa shape index (κ3) is 2.91. The lowest BCUT2D eigenvalue weighted by Gasteiger charge is -2.44. The smallest absolute Gasteiger partial charge is 0.259 e. The Morgan fingerprint density at radius 2 is 2.29 bits per heavy atom. The minimum atomic E-state index is -0.610. The SMILES string of the molecule is [B]c1ccnc([N+]2(O)CCCC([C@]3(C)CC(=O)N(C)C(N)=N3)C2)c1. The predicted molar refractivity (Wildman–Crippen MR) is 93.1 cm³/mol. The van der Waals surface area contributed by atoms with Crippen LogP contribution in [0.3, 0.4) is 0 Å². The van der Waals surface area contributed by atoms with Crippen LogP contribution in [0, 0.1) is 5.92 Å². The zero-order chi connectivity index (χ0) is 17.5. The number of hydrogen-bond acceptors (Lipinski definition) is 5. The third-order valence-electron chi connectivity index (χ3n) is 5.28. The number of hydrogen-bond donors (Lipinski definition) is 2. The molecule has 3 rings (SSSR count). The summed E-state index contributed by atoms with van der Waals surface area (Å²) in [5, 5.41) is 11.1. The summed E-state index contributed by atoms with van der Waals surface area (Å²) in [7, 11) is 7.46. The van der Waals surface area contributed by atoms with E-state index in [0.29, 0.717) is 30.8 Å². The van der Waals surface area contributed by atoms with Crippen molar-refractivity contribution in [3.63, 3.8) is 0 Å². The molecule has 24 heavy (non-hydrogen) atoms. The van der Waals surface area contributed by atoms with E-state index in [4.69, 9.17) is 13.6 Å². The average Bonchev–Trinajstić information content (AvgIpc) is 2.53. The van der Waals surface area contributed by atoms with Crippen molar-refractivity contribution in [2.45, 2.75) is 31.7 Å². The van der Waals surface area contributed by atoms with Crippen LogP contribution in [0.2, 0.25) is 0 Å². The molecule has 7 nitrogen and oxygen atoms in total. The van der Waals surface area contributed by atoms with E-state index in [0.717, 1.165) is 12.8 Å². The summed E-state index contributed by atoms with van der Waals surface area (Å²) in [6, 6.07) is 3.39. The van der Waals surface area contributed by atoms with Gasteiger partial charge in [-0.05, 0) is 13.3 Å². The molecule has 1 aromatic heterocycles. The first kappa shape index (κ1) is 16.9. The van der Waals surface area contributed by atoms with Crippen molar-refractivity contribution in [1.29, 1.82) is 0 Å². The Kier molecular flexibility index (Phi) is 4.13. The van der Waals surface area contributed by atoms with Crippen LogP contribution in [-0.2, 0) is 4.79 Å². The van der Waals surface area contributed by atoms with E-state index in [1.807, 2.05) is 6.92 Å². The van der Waals surface area contributed by atoms with Gasteiger partial charge in [-0.1, -0.05) is 11.5 Å². The summed E-state index contributed by atoms with van der Waals surface area (Å²) >= 11 is 0. The van der Waals surface area contributed by atoms with Crippen LogP contribution in [0.1, 0.15) is 26.2 Å². The van der Waals surface area contributed by atoms with Crippen LogP contribution in [0.25, 0.3) is 0 Å². The second-order valence-corrected chi connectivity index (χ2v) is 7.07. The standard InChI is InChI=1S/C16H23BN5O2/c1-16(9-14(23)21(2)15(18)20-16)11-4-3-7-22(24,10-11)13-8-12(17)5-6-19-13/h5-6,8,11,24H,3-4,7,9-10H2,1-2H3,(H2,18,20)/q+1/t11?,16-,22?/m0/s1. The number of carbonyl (C=O) groups is 1. The lowest BCUT2D eigenvalue weighted by atomic mass is 9.77. The highest BCUT2D eigenvalue weighted by molar-refractivity contribution is 6.32. The fourth-order valence-electron chi connectivity index (χ4n) is 3.69. The van der Waals surface area contributed by atoms with Gasteiger partial charge >= 0.3 is 0 Å². The van der Waals surface area contributed by atoms with Crippen LogP contribution in [0.4, 0.5) is 5.82 Å². The maximum absolute atomic E-state index is 12.2. The molecule has 0 saturated carbocycles. The number of nitrogens with two attached hydrogens (primary N) is 1. The van der Waals surface area contributed by atoms with Crippen molar-refractivity contribution in [2.24, 2.45) is 16.6 Å². The highest BCUT2D eigenvalue weighted by atomic mass is 16.5. The molecule has 0 bridgehead atoms. The molecule has 8 heteroatoms. The van der Waals surface area contributed by atoms with Gasteiger partial charge in [-0.15, -0.1) is 4.65 Å².